The minimum atomic E-state index is -0.836. The first-order chi connectivity index (χ1) is 6.91. The van der Waals surface area contributed by atoms with Crippen LogP contribution in [0.3, 0.4) is 0 Å². The van der Waals surface area contributed by atoms with Crippen LogP contribution in [0.5, 0.6) is 0 Å². The summed E-state index contributed by atoms with van der Waals surface area (Å²) in [6.07, 6.45) is 1.09. The van der Waals surface area contributed by atoms with Crippen LogP contribution in [0.15, 0.2) is 0 Å². The van der Waals surface area contributed by atoms with Gasteiger partial charge >= 0.3 is 11.9 Å². The Morgan fingerprint density at radius 3 is 2.33 bits per heavy atom. The molecule has 15 heavy (non-hydrogen) atoms. The highest BCUT2D eigenvalue weighted by atomic mass is 16.5. The monoisotopic (exact) mass is 214 g/mol. The molecule has 4 heteroatoms. The summed E-state index contributed by atoms with van der Waals surface area (Å²) in [6.45, 7) is 4.10. The van der Waals surface area contributed by atoms with Gasteiger partial charge in [0.15, 0.2) is 0 Å². The number of carboxylic acid groups (broad SMARTS) is 1. The Morgan fingerprint density at radius 2 is 2.00 bits per heavy atom. The van der Waals surface area contributed by atoms with E-state index in [1.165, 1.54) is 7.11 Å². The average molecular weight is 214 g/mol. The highest BCUT2D eigenvalue weighted by Crippen LogP contribution is 2.55. The molecule has 1 rings (SSSR count). The number of carbonyl (C=O) groups is 2. The van der Waals surface area contributed by atoms with Crippen molar-refractivity contribution in [2.75, 3.05) is 7.11 Å². The van der Waals surface area contributed by atoms with Crippen molar-refractivity contribution < 1.29 is 19.4 Å². The van der Waals surface area contributed by atoms with Crippen LogP contribution >= 0.6 is 0 Å². The number of rotatable bonds is 4. The van der Waals surface area contributed by atoms with E-state index in [1.54, 1.807) is 0 Å². The zero-order valence-electron chi connectivity index (χ0n) is 9.45. The molecule has 1 fully saturated rings. The van der Waals surface area contributed by atoms with Gasteiger partial charge in [-0.3, -0.25) is 9.59 Å². The molecule has 3 atom stereocenters. The maximum absolute atomic E-state index is 11.2. The smallest absolute Gasteiger partial charge is 0.306 e. The van der Waals surface area contributed by atoms with Crippen molar-refractivity contribution in [1.82, 2.24) is 0 Å². The Labute approximate surface area is 89.6 Å². The Kier molecular flexibility index (Phi) is 3.37. The summed E-state index contributed by atoms with van der Waals surface area (Å²) >= 11 is 0. The fourth-order valence-electron chi connectivity index (χ4n) is 2.64. The summed E-state index contributed by atoms with van der Waals surface area (Å²) in [6, 6.07) is 0. The van der Waals surface area contributed by atoms with E-state index in [0.717, 1.165) is 6.42 Å². The number of carbonyl (C=O) groups excluding carboxylic acids is 1. The van der Waals surface area contributed by atoms with E-state index in [0.29, 0.717) is 5.92 Å². The Bertz CT molecular complexity index is 274. The Morgan fingerprint density at radius 1 is 1.40 bits per heavy atom. The van der Waals surface area contributed by atoms with Crippen LogP contribution in [0.4, 0.5) is 0 Å². The lowest BCUT2D eigenvalue weighted by Crippen LogP contribution is -2.48. The second-order valence-electron chi connectivity index (χ2n) is 4.66. The van der Waals surface area contributed by atoms with Gasteiger partial charge in [0, 0.05) is 0 Å². The standard InChI is InChI=1S/C11H18O4/c1-7-4-11(8(7)2,5-9(12)13)6-10(14)15-3/h7-8H,4-6H2,1-3H3,(H,12,13)/t7-,8-,11+/m0/s1. The molecule has 1 N–H and O–H groups in total. The number of carboxylic acids is 1. The van der Waals surface area contributed by atoms with Crippen LogP contribution in [-0.2, 0) is 14.3 Å². The van der Waals surface area contributed by atoms with Crippen LogP contribution < -0.4 is 0 Å². The maximum Gasteiger partial charge on any atom is 0.306 e. The van der Waals surface area contributed by atoms with E-state index in [2.05, 4.69) is 11.7 Å². The van der Waals surface area contributed by atoms with Crippen molar-refractivity contribution >= 4 is 11.9 Å². The Balaban J connectivity index is 2.70. The second kappa shape index (κ2) is 4.21. The van der Waals surface area contributed by atoms with Crippen LogP contribution in [0.1, 0.15) is 33.1 Å². The summed E-state index contributed by atoms with van der Waals surface area (Å²) in [5.74, 6) is -0.380. The van der Waals surface area contributed by atoms with Gasteiger partial charge in [0.05, 0.1) is 20.0 Å². The normalized spacial score (nSPS) is 34.3. The molecule has 0 saturated heterocycles. The molecule has 0 amide bonds. The fourth-order valence-corrected chi connectivity index (χ4v) is 2.64. The van der Waals surface area contributed by atoms with Crippen LogP contribution in [-0.4, -0.2) is 24.2 Å². The largest absolute Gasteiger partial charge is 0.481 e. The number of hydrogen-bond acceptors (Lipinski definition) is 3. The summed E-state index contributed by atoms with van der Waals surface area (Å²) in [5.41, 5.74) is -0.377. The minimum Gasteiger partial charge on any atom is -0.481 e. The predicted molar refractivity (Wildman–Crippen MR) is 54.3 cm³/mol. The number of aliphatic carboxylic acids is 1. The molecule has 1 aliphatic rings. The third kappa shape index (κ3) is 2.30. The molecule has 86 valence electrons. The molecule has 0 radical (unpaired) electrons. The number of hydrogen-bond donors (Lipinski definition) is 1. The van der Waals surface area contributed by atoms with Crippen molar-refractivity contribution in [3.63, 3.8) is 0 Å². The lowest BCUT2D eigenvalue weighted by molar-refractivity contribution is -0.156. The Hall–Kier alpha value is -1.06. The molecule has 0 aromatic heterocycles. The van der Waals surface area contributed by atoms with Gasteiger partial charge in [-0.05, 0) is 23.7 Å². The highest BCUT2D eigenvalue weighted by Gasteiger charge is 2.51. The fraction of sp³-hybridized carbons (Fsp3) is 0.818. The molecule has 0 aromatic carbocycles. The zero-order valence-corrected chi connectivity index (χ0v) is 9.45. The lowest BCUT2D eigenvalue weighted by atomic mass is 9.52. The van der Waals surface area contributed by atoms with Crippen molar-refractivity contribution in [3.05, 3.63) is 0 Å². The van der Waals surface area contributed by atoms with Crippen molar-refractivity contribution in [3.8, 4) is 0 Å². The molecular formula is C11H18O4. The third-order valence-corrected chi connectivity index (χ3v) is 3.78. The zero-order chi connectivity index (χ0) is 11.6. The topological polar surface area (TPSA) is 63.6 Å². The summed E-state index contributed by atoms with van der Waals surface area (Å²) in [7, 11) is 1.34. The van der Waals surface area contributed by atoms with Gasteiger partial charge in [0.2, 0.25) is 0 Å². The number of esters is 1. The van der Waals surface area contributed by atoms with Gasteiger partial charge in [0.1, 0.15) is 0 Å². The highest BCUT2D eigenvalue weighted by molar-refractivity contribution is 5.73. The van der Waals surface area contributed by atoms with Gasteiger partial charge in [-0.15, -0.1) is 0 Å². The van der Waals surface area contributed by atoms with Gasteiger partial charge < -0.3 is 9.84 Å². The SMILES string of the molecule is COC(=O)C[C@]1(CC(=O)O)C[C@H](C)[C@@H]1C. The van der Waals surface area contributed by atoms with Crippen molar-refractivity contribution in [2.45, 2.75) is 33.1 Å². The predicted octanol–water partition coefficient (Wildman–Crippen LogP) is 1.69. The number of ether oxygens (including phenoxy) is 1. The van der Waals surface area contributed by atoms with Crippen LogP contribution in [0, 0.1) is 17.3 Å². The van der Waals surface area contributed by atoms with Gasteiger partial charge in [-0.25, -0.2) is 0 Å². The van der Waals surface area contributed by atoms with E-state index in [1.807, 2.05) is 6.92 Å². The third-order valence-electron chi connectivity index (χ3n) is 3.78. The molecular weight excluding hydrogens is 196 g/mol. The molecule has 0 aliphatic heterocycles. The summed E-state index contributed by atoms with van der Waals surface area (Å²) in [5, 5.41) is 8.85. The first-order valence-corrected chi connectivity index (χ1v) is 5.20. The quantitative estimate of drug-likeness (QED) is 0.723. The summed E-state index contributed by atoms with van der Waals surface area (Å²) < 4.78 is 4.61. The van der Waals surface area contributed by atoms with Crippen LogP contribution in [0.25, 0.3) is 0 Å². The molecule has 0 spiro atoms. The van der Waals surface area contributed by atoms with Gasteiger partial charge in [0.25, 0.3) is 0 Å². The second-order valence-corrected chi connectivity index (χ2v) is 4.66. The maximum atomic E-state index is 11.2. The molecule has 0 bridgehead atoms. The van der Waals surface area contributed by atoms with Gasteiger partial charge in [-0.1, -0.05) is 13.8 Å². The van der Waals surface area contributed by atoms with Crippen molar-refractivity contribution in [1.29, 1.82) is 0 Å². The molecule has 0 unspecified atom stereocenters. The molecule has 1 aliphatic carbocycles. The number of methoxy groups -OCH3 is 1. The van der Waals surface area contributed by atoms with E-state index in [-0.39, 0.29) is 30.1 Å². The molecule has 0 aromatic rings. The van der Waals surface area contributed by atoms with Crippen molar-refractivity contribution in [2.24, 2.45) is 17.3 Å². The van der Waals surface area contributed by atoms with E-state index in [9.17, 15) is 9.59 Å². The van der Waals surface area contributed by atoms with Crippen LogP contribution in [0.2, 0.25) is 0 Å². The van der Waals surface area contributed by atoms with Gasteiger partial charge in [-0.2, -0.15) is 0 Å². The van der Waals surface area contributed by atoms with E-state index >= 15 is 0 Å². The van der Waals surface area contributed by atoms with E-state index in [4.69, 9.17) is 5.11 Å². The molecule has 4 nitrogen and oxygen atoms in total. The molecule has 1 saturated carbocycles. The molecule has 0 heterocycles. The average Bonchev–Trinajstić information content (AvgIpc) is 2.16. The summed E-state index contributed by atoms with van der Waals surface area (Å²) in [4.78, 5) is 22.0. The first kappa shape index (κ1) is 12.0. The van der Waals surface area contributed by atoms with E-state index < -0.39 is 5.97 Å². The lowest BCUT2D eigenvalue weighted by Gasteiger charge is -2.52. The minimum absolute atomic E-state index is 0.0631. The first-order valence-electron chi connectivity index (χ1n) is 5.20.